The SMILES string of the molecule is Cc1c(N)cnc(N2CCCCC2C(N)=O)c1Br. The molecule has 1 amide bonds. The van der Waals surface area contributed by atoms with Crippen LogP contribution in [0.15, 0.2) is 10.7 Å². The quantitative estimate of drug-likeness (QED) is 0.868. The Morgan fingerprint density at radius 2 is 2.28 bits per heavy atom. The molecule has 1 saturated heterocycles. The Kier molecular flexibility index (Phi) is 3.75. The number of hydrogen-bond donors (Lipinski definition) is 2. The van der Waals surface area contributed by atoms with Crippen molar-refractivity contribution in [1.82, 2.24) is 4.98 Å². The second kappa shape index (κ2) is 5.14. The van der Waals surface area contributed by atoms with Crippen molar-refractivity contribution in [2.24, 2.45) is 5.73 Å². The van der Waals surface area contributed by atoms with Gasteiger partial charge in [-0.15, -0.1) is 0 Å². The van der Waals surface area contributed by atoms with E-state index in [0.717, 1.165) is 41.7 Å². The lowest BCUT2D eigenvalue weighted by molar-refractivity contribution is -0.119. The number of nitrogens with zero attached hydrogens (tertiary/aromatic N) is 2. The van der Waals surface area contributed by atoms with Crippen LogP contribution in [-0.4, -0.2) is 23.5 Å². The van der Waals surface area contributed by atoms with Gasteiger partial charge in [-0.1, -0.05) is 0 Å². The molecule has 1 aliphatic heterocycles. The summed E-state index contributed by atoms with van der Waals surface area (Å²) in [5.74, 6) is 0.461. The molecule has 2 heterocycles. The summed E-state index contributed by atoms with van der Waals surface area (Å²) in [6.45, 7) is 2.72. The van der Waals surface area contributed by atoms with E-state index in [-0.39, 0.29) is 11.9 Å². The van der Waals surface area contributed by atoms with Gasteiger partial charge < -0.3 is 16.4 Å². The zero-order valence-corrected chi connectivity index (χ0v) is 11.9. The van der Waals surface area contributed by atoms with Crippen LogP contribution in [0.5, 0.6) is 0 Å². The Hall–Kier alpha value is -1.30. The second-order valence-corrected chi connectivity index (χ2v) is 5.38. The first-order valence-corrected chi connectivity index (χ1v) is 6.78. The van der Waals surface area contributed by atoms with Crippen molar-refractivity contribution >= 4 is 33.3 Å². The van der Waals surface area contributed by atoms with Crippen LogP contribution in [0.1, 0.15) is 24.8 Å². The van der Waals surface area contributed by atoms with Gasteiger partial charge in [-0.3, -0.25) is 4.79 Å². The first-order valence-electron chi connectivity index (χ1n) is 5.99. The molecule has 0 radical (unpaired) electrons. The van der Waals surface area contributed by atoms with Gasteiger partial charge in [-0.2, -0.15) is 0 Å². The monoisotopic (exact) mass is 312 g/mol. The largest absolute Gasteiger partial charge is 0.397 e. The van der Waals surface area contributed by atoms with Crippen LogP contribution in [0.2, 0.25) is 0 Å². The number of carbonyl (C=O) groups is 1. The van der Waals surface area contributed by atoms with Crippen LogP contribution >= 0.6 is 15.9 Å². The molecule has 0 bridgehead atoms. The Bertz CT molecular complexity index is 477. The Morgan fingerprint density at radius 1 is 1.56 bits per heavy atom. The maximum absolute atomic E-state index is 11.5. The number of piperidine rings is 1. The average molecular weight is 313 g/mol. The van der Waals surface area contributed by atoms with E-state index in [1.807, 2.05) is 11.8 Å². The molecule has 0 aromatic carbocycles. The molecular formula is C12H17BrN4O. The van der Waals surface area contributed by atoms with Crippen LogP contribution in [0.25, 0.3) is 0 Å². The van der Waals surface area contributed by atoms with Crippen molar-refractivity contribution in [2.75, 3.05) is 17.2 Å². The molecule has 6 heteroatoms. The molecule has 5 nitrogen and oxygen atoms in total. The molecule has 0 aliphatic carbocycles. The second-order valence-electron chi connectivity index (χ2n) is 4.58. The minimum absolute atomic E-state index is 0.273. The number of pyridine rings is 1. The van der Waals surface area contributed by atoms with E-state index in [0.29, 0.717) is 5.69 Å². The number of hydrogen-bond acceptors (Lipinski definition) is 4. The van der Waals surface area contributed by atoms with Crippen LogP contribution in [0, 0.1) is 6.92 Å². The maximum atomic E-state index is 11.5. The molecule has 1 aromatic heterocycles. The molecule has 4 N–H and O–H groups in total. The fraction of sp³-hybridized carbons (Fsp3) is 0.500. The van der Waals surface area contributed by atoms with Gasteiger partial charge in [0.15, 0.2) is 0 Å². The topological polar surface area (TPSA) is 85.2 Å². The number of carbonyl (C=O) groups excluding carboxylic acids is 1. The summed E-state index contributed by atoms with van der Waals surface area (Å²) in [5.41, 5.74) is 12.9. The van der Waals surface area contributed by atoms with Crippen molar-refractivity contribution < 1.29 is 4.79 Å². The van der Waals surface area contributed by atoms with E-state index in [1.165, 1.54) is 0 Å². The summed E-state index contributed by atoms with van der Waals surface area (Å²) in [6.07, 6.45) is 4.48. The van der Waals surface area contributed by atoms with E-state index in [9.17, 15) is 4.79 Å². The third-order valence-corrected chi connectivity index (χ3v) is 4.34. The van der Waals surface area contributed by atoms with E-state index < -0.39 is 0 Å². The molecule has 18 heavy (non-hydrogen) atoms. The number of primary amides is 1. The smallest absolute Gasteiger partial charge is 0.240 e. The highest BCUT2D eigenvalue weighted by Gasteiger charge is 2.29. The van der Waals surface area contributed by atoms with Gasteiger partial charge in [0, 0.05) is 6.54 Å². The highest BCUT2D eigenvalue weighted by molar-refractivity contribution is 9.10. The lowest BCUT2D eigenvalue weighted by atomic mass is 10.0. The molecule has 1 atom stereocenters. The minimum Gasteiger partial charge on any atom is -0.397 e. The van der Waals surface area contributed by atoms with Crippen LogP contribution < -0.4 is 16.4 Å². The number of aromatic nitrogens is 1. The summed E-state index contributed by atoms with van der Waals surface area (Å²) in [4.78, 5) is 17.8. The van der Waals surface area contributed by atoms with E-state index in [2.05, 4.69) is 20.9 Å². The van der Waals surface area contributed by atoms with Gasteiger partial charge in [0.1, 0.15) is 11.9 Å². The predicted octanol–water partition coefficient (Wildman–Crippen LogP) is 1.58. The molecule has 0 spiro atoms. The third-order valence-electron chi connectivity index (χ3n) is 3.39. The lowest BCUT2D eigenvalue weighted by Crippen LogP contribution is -2.48. The Balaban J connectivity index is 2.40. The lowest BCUT2D eigenvalue weighted by Gasteiger charge is -2.35. The summed E-state index contributed by atoms with van der Waals surface area (Å²) < 4.78 is 0.843. The molecule has 0 saturated carbocycles. The fourth-order valence-electron chi connectivity index (χ4n) is 2.26. The Morgan fingerprint density at radius 3 is 2.94 bits per heavy atom. The van der Waals surface area contributed by atoms with Gasteiger partial charge in [-0.25, -0.2) is 4.98 Å². The normalized spacial score (nSPS) is 19.9. The zero-order chi connectivity index (χ0) is 13.3. The number of anilines is 2. The first-order chi connectivity index (χ1) is 8.52. The van der Waals surface area contributed by atoms with E-state index >= 15 is 0 Å². The first kappa shape index (κ1) is 13.1. The summed E-state index contributed by atoms with van der Waals surface area (Å²) in [5, 5.41) is 0. The molecule has 1 aromatic rings. The van der Waals surface area contributed by atoms with Gasteiger partial charge >= 0.3 is 0 Å². The average Bonchev–Trinajstić information content (AvgIpc) is 2.36. The predicted molar refractivity (Wildman–Crippen MR) is 75.3 cm³/mol. The number of halogens is 1. The Labute approximate surface area is 115 Å². The highest BCUT2D eigenvalue weighted by Crippen LogP contribution is 2.33. The minimum atomic E-state index is -0.294. The molecule has 2 rings (SSSR count). The van der Waals surface area contributed by atoms with Crippen molar-refractivity contribution in [3.05, 3.63) is 16.2 Å². The molecule has 1 aliphatic rings. The summed E-state index contributed by atoms with van der Waals surface area (Å²) in [6, 6.07) is -0.273. The molecule has 98 valence electrons. The maximum Gasteiger partial charge on any atom is 0.240 e. The van der Waals surface area contributed by atoms with E-state index in [4.69, 9.17) is 11.5 Å². The molecule has 1 fully saturated rings. The number of nitrogen functional groups attached to an aromatic ring is 1. The number of nitrogens with two attached hydrogens (primary N) is 2. The van der Waals surface area contributed by atoms with Crippen LogP contribution in [0.4, 0.5) is 11.5 Å². The van der Waals surface area contributed by atoms with Gasteiger partial charge in [0.25, 0.3) is 0 Å². The number of amides is 1. The zero-order valence-electron chi connectivity index (χ0n) is 10.3. The van der Waals surface area contributed by atoms with Crippen molar-refractivity contribution in [1.29, 1.82) is 0 Å². The van der Waals surface area contributed by atoms with Gasteiger partial charge in [0.05, 0.1) is 16.4 Å². The van der Waals surface area contributed by atoms with Crippen LogP contribution in [0.3, 0.4) is 0 Å². The van der Waals surface area contributed by atoms with Gasteiger partial charge in [-0.05, 0) is 47.7 Å². The summed E-state index contributed by atoms with van der Waals surface area (Å²) in [7, 11) is 0. The van der Waals surface area contributed by atoms with Crippen molar-refractivity contribution in [3.8, 4) is 0 Å². The third kappa shape index (κ3) is 2.29. The molecule has 1 unspecified atom stereocenters. The fourth-order valence-corrected chi connectivity index (χ4v) is 2.82. The van der Waals surface area contributed by atoms with Crippen LogP contribution in [-0.2, 0) is 4.79 Å². The van der Waals surface area contributed by atoms with Crippen molar-refractivity contribution in [2.45, 2.75) is 32.2 Å². The highest BCUT2D eigenvalue weighted by atomic mass is 79.9. The molecular weight excluding hydrogens is 296 g/mol. The van der Waals surface area contributed by atoms with Crippen molar-refractivity contribution in [3.63, 3.8) is 0 Å². The van der Waals surface area contributed by atoms with Gasteiger partial charge in [0.2, 0.25) is 5.91 Å². The summed E-state index contributed by atoms with van der Waals surface area (Å²) >= 11 is 3.51. The number of rotatable bonds is 2. The van der Waals surface area contributed by atoms with E-state index in [1.54, 1.807) is 6.20 Å². The standard InChI is InChI=1S/C12H17BrN4O/c1-7-8(14)6-16-12(10(7)13)17-5-3-2-4-9(17)11(15)18/h6,9H,2-5,14H2,1H3,(H2,15,18).